The molecular weight excluding hydrogens is 168 g/mol. The van der Waals surface area contributed by atoms with Crippen molar-refractivity contribution in [1.82, 2.24) is 9.55 Å². The highest BCUT2D eigenvalue weighted by Crippen LogP contribution is 2.01. The van der Waals surface area contributed by atoms with E-state index in [0.29, 0.717) is 4.57 Å². The van der Waals surface area contributed by atoms with Crippen molar-refractivity contribution in [1.29, 1.82) is 5.26 Å². The molecule has 1 aromatic rings. The van der Waals surface area contributed by atoms with Crippen LogP contribution >= 0.6 is 11.6 Å². The average molecular weight is 171 g/mol. The van der Waals surface area contributed by atoms with Crippen LogP contribution in [-0.2, 0) is 0 Å². The molecule has 1 rings (SSSR count). The van der Waals surface area contributed by atoms with Crippen molar-refractivity contribution in [2.24, 2.45) is 0 Å². The summed E-state index contributed by atoms with van der Waals surface area (Å²) in [7, 11) is 0. The second kappa shape index (κ2) is 2.60. The summed E-state index contributed by atoms with van der Waals surface area (Å²) in [6.07, 6.45) is 1.55. The van der Waals surface area contributed by atoms with E-state index in [9.17, 15) is 4.79 Å². The van der Waals surface area contributed by atoms with Gasteiger partial charge in [0.05, 0.1) is 0 Å². The molecule has 1 aromatic heterocycles. The topological polar surface area (TPSA) is 84.7 Å². The van der Waals surface area contributed by atoms with E-state index in [-0.39, 0.29) is 11.1 Å². The molecule has 11 heavy (non-hydrogen) atoms. The highest BCUT2D eigenvalue weighted by Gasteiger charge is 2.01. The number of rotatable bonds is 0. The minimum atomic E-state index is -0.579. The number of hydrogen-bond acceptors (Lipinski definition) is 4. The fourth-order valence-corrected chi connectivity index (χ4v) is 0.751. The fraction of sp³-hybridized carbons (Fsp3) is 0. The summed E-state index contributed by atoms with van der Waals surface area (Å²) in [5.74, 6) is -0.204. The Hall–Kier alpha value is -1.54. The van der Waals surface area contributed by atoms with Gasteiger partial charge in [-0.25, -0.2) is 4.98 Å². The van der Waals surface area contributed by atoms with Gasteiger partial charge in [0, 0.05) is 6.07 Å². The van der Waals surface area contributed by atoms with Gasteiger partial charge in [-0.1, -0.05) is 11.6 Å². The molecular formula is C5H3ClN4O. The third-order valence-electron chi connectivity index (χ3n) is 1.01. The van der Waals surface area contributed by atoms with Gasteiger partial charge < -0.3 is 5.73 Å². The summed E-state index contributed by atoms with van der Waals surface area (Å²) in [5, 5.41) is 8.33. The van der Waals surface area contributed by atoms with Crippen LogP contribution in [-0.4, -0.2) is 9.55 Å². The maximum absolute atomic E-state index is 10.8. The van der Waals surface area contributed by atoms with Crippen LogP contribution in [0.4, 0.5) is 5.95 Å². The van der Waals surface area contributed by atoms with E-state index in [1.54, 1.807) is 6.19 Å². The summed E-state index contributed by atoms with van der Waals surface area (Å²) in [6, 6.07) is 1.02. The molecule has 5 nitrogen and oxygen atoms in total. The zero-order valence-electron chi connectivity index (χ0n) is 5.28. The Morgan fingerprint density at radius 1 is 1.82 bits per heavy atom. The molecule has 0 aliphatic rings. The van der Waals surface area contributed by atoms with Gasteiger partial charge in [0.2, 0.25) is 5.95 Å². The Balaban J connectivity index is 3.53. The second-order valence-electron chi connectivity index (χ2n) is 1.71. The minimum Gasteiger partial charge on any atom is -0.368 e. The van der Waals surface area contributed by atoms with E-state index in [4.69, 9.17) is 22.6 Å². The first-order chi connectivity index (χ1) is 5.15. The van der Waals surface area contributed by atoms with Crippen LogP contribution < -0.4 is 11.3 Å². The second-order valence-corrected chi connectivity index (χ2v) is 2.10. The van der Waals surface area contributed by atoms with E-state index >= 15 is 0 Å². The molecule has 0 aliphatic carbocycles. The first-order valence-corrected chi connectivity index (χ1v) is 2.98. The highest BCUT2D eigenvalue weighted by molar-refractivity contribution is 6.29. The largest absolute Gasteiger partial charge is 0.368 e. The van der Waals surface area contributed by atoms with Gasteiger partial charge in [0.1, 0.15) is 5.15 Å². The zero-order valence-corrected chi connectivity index (χ0v) is 6.04. The Bertz CT molecular complexity index is 377. The number of nitriles is 1. The van der Waals surface area contributed by atoms with Crippen LogP contribution in [0.2, 0.25) is 5.15 Å². The molecule has 0 unspecified atom stereocenters. The van der Waals surface area contributed by atoms with E-state index in [2.05, 4.69) is 4.98 Å². The average Bonchev–Trinajstić information content (AvgIpc) is 1.85. The lowest BCUT2D eigenvalue weighted by Crippen LogP contribution is -2.19. The van der Waals surface area contributed by atoms with Crippen LogP contribution in [0.5, 0.6) is 0 Å². The SMILES string of the molecule is N#Cn1c(N)nc(Cl)cc1=O. The fourth-order valence-electron chi connectivity index (χ4n) is 0.572. The first kappa shape index (κ1) is 7.57. The van der Waals surface area contributed by atoms with Crippen LogP contribution in [0.15, 0.2) is 10.9 Å². The molecule has 0 amide bonds. The third-order valence-corrected chi connectivity index (χ3v) is 1.21. The molecule has 0 radical (unpaired) electrons. The van der Waals surface area contributed by atoms with Gasteiger partial charge in [0.25, 0.3) is 5.56 Å². The standard InChI is InChI=1S/C5H3ClN4O/c6-3-1-4(11)10(2-7)5(8)9-3/h1H,(H2,8,9). The summed E-state index contributed by atoms with van der Waals surface area (Å²) >= 11 is 5.37. The lowest BCUT2D eigenvalue weighted by molar-refractivity contribution is 0.972. The van der Waals surface area contributed by atoms with Crippen LogP contribution in [0, 0.1) is 11.5 Å². The monoisotopic (exact) mass is 170 g/mol. The molecule has 0 atom stereocenters. The summed E-state index contributed by atoms with van der Waals surface area (Å²) in [4.78, 5) is 14.3. The van der Waals surface area contributed by atoms with Crippen molar-refractivity contribution in [3.05, 3.63) is 21.6 Å². The molecule has 0 aromatic carbocycles. The number of aromatic nitrogens is 2. The maximum atomic E-state index is 10.8. The highest BCUT2D eigenvalue weighted by atomic mass is 35.5. The lowest BCUT2D eigenvalue weighted by atomic mass is 10.6. The Kier molecular flexibility index (Phi) is 1.79. The predicted octanol–water partition coefficient (Wildman–Crippen LogP) is -0.192. The molecule has 0 aliphatic heterocycles. The van der Waals surface area contributed by atoms with Crippen molar-refractivity contribution in [3.8, 4) is 6.19 Å². The van der Waals surface area contributed by atoms with Crippen molar-refractivity contribution in [2.45, 2.75) is 0 Å². The Morgan fingerprint density at radius 2 is 2.45 bits per heavy atom. The van der Waals surface area contributed by atoms with E-state index in [1.807, 2.05) is 0 Å². The zero-order chi connectivity index (χ0) is 8.43. The van der Waals surface area contributed by atoms with Gasteiger partial charge >= 0.3 is 0 Å². The minimum absolute atomic E-state index is 0.0148. The lowest BCUT2D eigenvalue weighted by Gasteiger charge is -1.96. The van der Waals surface area contributed by atoms with Gasteiger partial charge in [-0.3, -0.25) is 4.79 Å². The number of anilines is 1. The van der Waals surface area contributed by atoms with Crippen molar-refractivity contribution in [2.75, 3.05) is 5.73 Å². The number of nitrogens with zero attached hydrogens (tertiary/aromatic N) is 3. The Labute approximate surface area is 66.6 Å². The van der Waals surface area contributed by atoms with Gasteiger partial charge in [-0.2, -0.15) is 9.83 Å². The molecule has 0 spiro atoms. The van der Waals surface area contributed by atoms with Crippen molar-refractivity contribution >= 4 is 17.5 Å². The summed E-state index contributed by atoms with van der Waals surface area (Å²) in [6.45, 7) is 0. The van der Waals surface area contributed by atoms with Crippen molar-refractivity contribution in [3.63, 3.8) is 0 Å². The molecule has 0 saturated carbocycles. The van der Waals surface area contributed by atoms with Gasteiger partial charge in [-0.05, 0) is 0 Å². The van der Waals surface area contributed by atoms with Crippen LogP contribution in [0.1, 0.15) is 0 Å². The van der Waals surface area contributed by atoms with E-state index in [0.717, 1.165) is 6.07 Å². The van der Waals surface area contributed by atoms with E-state index in [1.165, 1.54) is 0 Å². The maximum Gasteiger partial charge on any atom is 0.269 e. The molecule has 0 fully saturated rings. The van der Waals surface area contributed by atoms with Crippen LogP contribution in [0.25, 0.3) is 0 Å². The Morgan fingerprint density at radius 3 is 2.91 bits per heavy atom. The van der Waals surface area contributed by atoms with Gasteiger partial charge in [0.15, 0.2) is 6.19 Å². The van der Waals surface area contributed by atoms with Crippen LogP contribution in [0.3, 0.4) is 0 Å². The molecule has 2 N–H and O–H groups in total. The number of halogens is 1. The van der Waals surface area contributed by atoms with Gasteiger partial charge in [-0.15, -0.1) is 0 Å². The predicted molar refractivity (Wildman–Crippen MR) is 38.9 cm³/mol. The molecule has 6 heteroatoms. The number of hydrogen-bond donors (Lipinski definition) is 1. The molecule has 56 valence electrons. The molecule has 0 saturated heterocycles. The number of nitrogens with two attached hydrogens (primary N) is 1. The molecule has 1 heterocycles. The molecule has 0 bridgehead atoms. The summed E-state index contributed by atoms with van der Waals surface area (Å²) in [5.41, 5.74) is 4.60. The van der Waals surface area contributed by atoms with Crippen molar-refractivity contribution < 1.29 is 0 Å². The summed E-state index contributed by atoms with van der Waals surface area (Å²) < 4.78 is 0.645. The number of nitrogen functional groups attached to an aromatic ring is 1. The first-order valence-electron chi connectivity index (χ1n) is 2.60. The smallest absolute Gasteiger partial charge is 0.269 e. The third kappa shape index (κ3) is 1.30. The van der Waals surface area contributed by atoms with E-state index < -0.39 is 5.56 Å². The quantitative estimate of drug-likeness (QED) is 0.547. The normalized spacial score (nSPS) is 9.09.